The van der Waals surface area contributed by atoms with E-state index in [-0.39, 0.29) is 37.4 Å². The van der Waals surface area contributed by atoms with Crippen LogP contribution in [0.2, 0.25) is 0 Å². The molecule has 0 spiro atoms. The summed E-state index contributed by atoms with van der Waals surface area (Å²) in [6.07, 6.45) is 3.78. The van der Waals surface area contributed by atoms with Gasteiger partial charge in [0.05, 0.1) is 25.9 Å². The highest BCUT2D eigenvalue weighted by Gasteiger charge is 2.29. The maximum absolute atomic E-state index is 13.6. The van der Waals surface area contributed by atoms with Crippen molar-refractivity contribution in [1.29, 1.82) is 0 Å². The molecule has 1 aliphatic rings. The summed E-state index contributed by atoms with van der Waals surface area (Å²) in [5.74, 6) is 0.657. The molecule has 4 rings (SSSR count). The Balaban J connectivity index is 1.61. The minimum absolute atomic E-state index is 0.126. The number of rotatable bonds is 6. The summed E-state index contributed by atoms with van der Waals surface area (Å²) >= 11 is 0. The Morgan fingerprint density at radius 2 is 1.72 bits per heavy atom. The van der Waals surface area contributed by atoms with Crippen molar-refractivity contribution in [1.82, 2.24) is 9.80 Å². The number of carbonyl (C=O) groups is 2. The van der Waals surface area contributed by atoms with Gasteiger partial charge in [0.25, 0.3) is 0 Å². The lowest BCUT2D eigenvalue weighted by atomic mass is 10.0. The monoisotopic (exact) mass is 489 g/mol. The van der Waals surface area contributed by atoms with E-state index in [2.05, 4.69) is 5.32 Å². The van der Waals surface area contributed by atoms with E-state index in [1.54, 1.807) is 42.3 Å². The predicted molar refractivity (Wildman–Crippen MR) is 135 cm³/mol. The Hall–Kier alpha value is -4.33. The predicted octanol–water partition coefficient (Wildman–Crippen LogP) is 5.02. The summed E-state index contributed by atoms with van der Waals surface area (Å²) in [5.41, 5.74) is 2.19. The number of benzene rings is 3. The molecule has 0 aliphatic carbocycles. The number of nitrogens with one attached hydrogen (secondary N) is 1. The normalized spacial score (nSPS) is 16.6. The first-order valence-corrected chi connectivity index (χ1v) is 11.5. The summed E-state index contributed by atoms with van der Waals surface area (Å²) in [6, 6.07) is 19.9. The van der Waals surface area contributed by atoms with Crippen molar-refractivity contribution < 1.29 is 23.5 Å². The zero-order chi connectivity index (χ0) is 25.5. The molecular weight excluding hydrogens is 461 g/mol. The van der Waals surface area contributed by atoms with Crippen molar-refractivity contribution in [2.45, 2.75) is 12.6 Å². The van der Waals surface area contributed by atoms with Gasteiger partial charge in [0, 0.05) is 13.1 Å². The standard InChI is InChI=1S/C28H28FN3O4/c1-35-23-15-11-21(12-16-23)25-7-5-17-31(28(34)30-24-6-3-4-8-26(24)36-2)19-27(33)32(25)18-20-9-13-22(29)14-10-20/h3-16,25H,17-19H2,1-2H3,(H,30,34)/b7-5-. The van der Waals surface area contributed by atoms with Gasteiger partial charge in [-0.15, -0.1) is 0 Å². The minimum Gasteiger partial charge on any atom is -0.497 e. The highest BCUT2D eigenvalue weighted by Crippen LogP contribution is 2.28. The molecule has 1 N–H and O–H groups in total. The number of amides is 3. The van der Waals surface area contributed by atoms with Gasteiger partial charge in [-0.1, -0.05) is 48.6 Å². The number of methoxy groups -OCH3 is 2. The number of ether oxygens (including phenoxy) is 2. The van der Waals surface area contributed by atoms with Crippen LogP contribution in [0.3, 0.4) is 0 Å². The Kier molecular flexibility index (Phi) is 7.85. The van der Waals surface area contributed by atoms with Crippen molar-refractivity contribution in [3.63, 3.8) is 0 Å². The lowest BCUT2D eigenvalue weighted by molar-refractivity contribution is -0.134. The van der Waals surface area contributed by atoms with Gasteiger partial charge in [-0.3, -0.25) is 4.79 Å². The third-order valence-electron chi connectivity index (χ3n) is 5.99. The second kappa shape index (κ2) is 11.4. The molecule has 0 saturated heterocycles. The van der Waals surface area contributed by atoms with Crippen molar-refractivity contribution >= 4 is 17.6 Å². The van der Waals surface area contributed by atoms with Crippen LogP contribution >= 0.6 is 0 Å². The van der Waals surface area contributed by atoms with Gasteiger partial charge in [-0.05, 0) is 47.5 Å². The molecule has 3 aromatic rings. The third kappa shape index (κ3) is 5.83. The van der Waals surface area contributed by atoms with Crippen LogP contribution in [0.5, 0.6) is 11.5 Å². The molecule has 0 saturated carbocycles. The molecule has 0 aromatic heterocycles. The summed E-state index contributed by atoms with van der Waals surface area (Å²) in [4.78, 5) is 29.8. The lowest BCUT2D eigenvalue weighted by Gasteiger charge is -2.34. The molecule has 8 heteroatoms. The number of urea groups is 1. The van der Waals surface area contributed by atoms with Crippen LogP contribution in [-0.4, -0.2) is 49.0 Å². The molecule has 7 nitrogen and oxygen atoms in total. The summed E-state index contributed by atoms with van der Waals surface area (Å²) < 4.78 is 24.1. The maximum atomic E-state index is 13.6. The zero-order valence-electron chi connectivity index (χ0n) is 20.2. The largest absolute Gasteiger partial charge is 0.497 e. The fourth-order valence-electron chi connectivity index (χ4n) is 4.06. The molecule has 186 valence electrons. The van der Waals surface area contributed by atoms with E-state index >= 15 is 0 Å². The van der Waals surface area contributed by atoms with Gasteiger partial charge < -0.3 is 24.6 Å². The van der Waals surface area contributed by atoms with Gasteiger partial charge in [0.2, 0.25) is 5.91 Å². The topological polar surface area (TPSA) is 71.1 Å². The maximum Gasteiger partial charge on any atom is 0.322 e. The van der Waals surface area contributed by atoms with E-state index in [0.29, 0.717) is 17.2 Å². The second-order valence-corrected chi connectivity index (χ2v) is 8.31. The highest BCUT2D eigenvalue weighted by molar-refractivity contribution is 5.94. The Morgan fingerprint density at radius 1 is 1.00 bits per heavy atom. The average molecular weight is 490 g/mol. The lowest BCUT2D eigenvalue weighted by Crippen LogP contribution is -2.46. The molecule has 1 aliphatic heterocycles. The quantitative estimate of drug-likeness (QED) is 0.494. The molecule has 3 aromatic carbocycles. The molecule has 0 fully saturated rings. The van der Waals surface area contributed by atoms with Gasteiger partial charge >= 0.3 is 6.03 Å². The van der Waals surface area contributed by atoms with Crippen LogP contribution in [0.15, 0.2) is 84.9 Å². The van der Waals surface area contributed by atoms with Crippen LogP contribution in [0.4, 0.5) is 14.9 Å². The van der Waals surface area contributed by atoms with Crippen molar-refractivity contribution in [2.24, 2.45) is 0 Å². The molecule has 1 unspecified atom stereocenters. The minimum atomic E-state index is -0.415. The summed E-state index contributed by atoms with van der Waals surface area (Å²) in [6.45, 7) is 0.380. The van der Waals surface area contributed by atoms with Crippen molar-refractivity contribution in [2.75, 3.05) is 32.6 Å². The van der Waals surface area contributed by atoms with Gasteiger partial charge in [-0.25, -0.2) is 9.18 Å². The number of nitrogens with zero attached hydrogens (tertiary/aromatic N) is 2. The Morgan fingerprint density at radius 3 is 2.42 bits per heavy atom. The average Bonchev–Trinajstić information content (AvgIpc) is 2.89. The first-order valence-electron chi connectivity index (χ1n) is 11.5. The fourth-order valence-corrected chi connectivity index (χ4v) is 4.06. The number of halogens is 1. The number of carbonyl (C=O) groups excluding carboxylic acids is 2. The molecule has 36 heavy (non-hydrogen) atoms. The van der Waals surface area contributed by atoms with Crippen molar-refractivity contribution in [3.8, 4) is 11.5 Å². The van der Waals surface area contributed by atoms with Crippen LogP contribution in [0, 0.1) is 5.82 Å². The van der Waals surface area contributed by atoms with Crippen LogP contribution < -0.4 is 14.8 Å². The van der Waals surface area contributed by atoms with E-state index < -0.39 is 6.03 Å². The Bertz CT molecular complexity index is 1230. The van der Waals surface area contributed by atoms with E-state index in [9.17, 15) is 14.0 Å². The molecule has 0 bridgehead atoms. The number of anilines is 1. The molecule has 3 amide bonds. The first kappa shape index (κ1) is 24.8. The van der Waals surface area contributed by atoms with E-state index in [4.69, 9.17) is 9.47 Å². The third-order valence-corrected chi connectivity index (χ3v) is 5.99. The van der Waals surface area contributed by atoms with E-state index in [1.807, 2.05) is 42.5 Å². The molecule has 0 radical (unpaired) electrons. The number of hydrogen-bond acceptors (Lipinski definition) is 4. The van der Waals surface area contributed by atoms with Crippen LogP contribution in [0.1, 0.15) is 17.2 Å². The van der Waals surface area contributed by atoms with Crippen LogP contribution in [0.25, 0.3) is 0 Å². The number of para-hydroxylation sites is 2. The first-order chi connectivity index (χ1) is 17.5. The van der Waals surface area contributed by atoms with Gasteiger partial charge in [-0.2, -0.15) is 0 Å². The molecular formula is C28H28FN3O4. The summed E-state index contributed by atoms with van der Waals surface area (Å²) in [5, 5.41) is 2.83. The van der Waals surface area contributed by atoms with Gasteiger partial charge in [0.15, 0.2) is 0 Å². The Labute approximate surface area is 209 Å². The number of hydrogen-bond donors (Lipinski definition) is 1. The van der Waals surface area contributed by atoms with Crippen LogP contribution in [-0.2, 0) is 11.3 Å². The van der Waals surface area contributed by atoms with Crippen molar-refractivity contribution in [3.05, 3.63) is 102 Å². The van der Waals surface area contributed by atoms with Gasteiger partial charge in [0.1, 0.15) is 23.9 Å². The molecule has 1 atom stereocenters. The summed E-state index contributed by atoms with van der Waals surface area (Å²) in [7, 11) is 3.12. The van der Waals surface area contributed by atoms with E-state index in [0.717, 1.165) is 11.1 Å². The fraction of sp³-hybridized carbons (Fsp3) is 0.214. The smallest absolute Gasteiger partial charge is 0.322 e. The van der Waals surface area contributed by atoms with E-state index in [1.165, 1.54) is 24.1 Å². The SMILES string of the molecule is COc1ccc(C2/C=C\CN(C(=O)Nc3ccccc3OC)CC(=O)N2Cc2ccc(F)cc2)cc1. The second-order valence-electron chi connectivity index (χ2n) is 8.31. The molecule has 1 heterocycles. The zero-order valence-corrected chi connectivity index (χ0v) is 20.2. The highest BCUT2D eigenvalue weighted by atomic mass is 19.1.